The number of halogens is 1. The lowest BCUT2D eigenvalue weighted by Crippen LogP contribution is -2.42. The molecule has 1 aliphatic carbocycles. The second kappa shape index (κ2) is 10.2. The van der Waals surface area contributed by atoms with Crippen molar-refractivity contribution in [2.24, 2.45) is 5.41 Å². The van der Waals surface area contributed by atoms with Crippen molar-refractivity contribution in [2.45, 2.75) is 51.6 Å². The predicted molar refractivity (Wildman–Crippen MR) is 147 cm³/mol. The largest absolute Gasteiger partial charge is 0.348 e. The molecule has 2 aliphatic heterocycles. The minimum Gasteiger partial charge on any atom is -0.348 e. The summed E-state index contributed by atoms with van der Waals surface area (Å²) >= 11 is 6.23. The van der Waals surface area contributed by atoms with Crippen molar-refractivity contribution in [1.82, 2.24) is 25.1 Å². The molecule has 0 bridgehead atoms. The van der Waals surface area contributed by atoms with E-state index in [4.69, 9.17) is 11.6 Å². The number of imidazole rings is 1. The van der Waals surface area contributed by atoms with Crippen LogP contribution in [0.1, 0.15) is 75.1 Å². The molecule has 2 aromatic carbocycles. The molecular weight excluding hydrogens is 498 g/mol. The number of amides is 2. The number of nitrogens with zero attached hydrogens (tertiary/aromatic N) is 3. The van der Waals surface area contributed by atoms with E-state index in [1.165, 1.54) is 5.56 Å². The number of aromatic nitrogens is 2. The maximum atomic E-state index is 13.6. The molecule has 38 heavy (non-hydrogen) atoms. The van der Waals surface area contributed by atoms with Crippen molar-refractivity contribution in [2.75, 3.05) is 26.2 Å². The molecule has 1 atom stereocenters. The van der Waals surface area contributed by atoms with Gasteiger partial charge in [-0.3, -0.25) is 14.5 Å². The van der Waals surface area contributed by atoms with Gasteiger partial charge in [0.25, 0.3) is 11.8 Å². The SMILES string of the molecule is Cc1nc(CN2CCC3(CC2)CCN(C(=O)c2ccc4c(c2)C(NC(=O)c2ccccc2Cl)CC4)C3)c[nH]1. The molecule has 1 unspecified atom stereocenters. The van der Waals surface area contributed by atoms with Crippen LogP contribution in [0.5, 0.6) is 0 Å². The lowest BCUT2D eigenvalue weighted by molar-refractivity contribution is 0.0712. The van der Waals surface area contributed by atoms with E-state index in [1.807, 2.05) is 42.3 Å². The number of carbonyl (C=O) groups excluding carboxylic acids is 2. The molecule has 2 saturated heterocycles. The van der Waals surface area contributed by atoms with Gasteiger partial charge in [-0.05, 0) is 92.9 Å². The van der Waals surface area contributed by atoms with Gasteiger partial charge in [-0.2, -0.15) is 0 Å². The molecule has 2 N–H and O–H groups in total. The summed E-state index contributed by atoms with van der Waals surface area (Å²) in [5.74, 6) is 0.877. The number of H-pyrrole nitrogens is 1. The molecule has 3 heterocycles. The van der Waals surface area contributed by atoms with Crippen molar-refractivity contribution < 1.29 is 9.59 Å². The fraction of sp³-hybridized carbons (Fsp3) is 0.433. The van der Waals surface area contributed by atoms with E-state index >= 15 is 0 Å². The molecule has 6 rings (SSSR count). The first-order chi connectivity index (χ1) is 18.4. The van der Waals surface area contributed by atoms with Crippen LogP contribution in [0.25, 0.3) is 0 Å². The van der Waals surface area contributed by atoms with Gasteiger partial charge in [0, 0.05) is 31.4 Å². The van der Waals surface area contributed by atoms with Gasteiger partial charge in [-0.15, -0.1) is 0 Å². The molecule has 0 radical (unpaired) electrons. The van der Waals surface area contributed by atoms with E-state index < -0.39 is 0 Å². The maximum absolute atomic E-state index is 13.6. The summed E-state index contributed by atoms with van der Waals surface area (Å²) in [4.78, 5) is 38.7. The molecule has 0 saturated carbocycles. The Balaban J connectivity index is 1.09. The average Bonchev–Trinajstić information content (AvgIpc) is 3.64. The number of nitrogens with one attached hydrogen (secondary N) is 2. The summed E-state index contributed by atoms with van der Waals surface area (Å²) in [6.45, 7) is 6.58. The Kier molecular flexibility index (Phi) is 6.74. The zero-order valence-corrected chi connectivity index (χ0v) is 22.6. The minimum absolute atomic E-state index is 0.0992. The van der Waals surface area contributed by atoms with Crippen LogP contribution < -0.4 is 5.32 Å². The van der Waals surface area contributed by atoms with Crippen molar-refractivity contribution in [1.29, 1.82) is 0 Å². The number of rotatable bonds is 5. The highest BCUT2D eigenvalue weighted by molar-refractivity contribution is 6.33. The second-order valence-electron chi connectivity index (χ2n) is 11.2. The molecule has 3 aliphatic rings. The number of aryl methyl sites for hydroxylation is 2. The van der Waals surface area contributed by atoms with E-state index in [9.17, 15) is 9.59 Å². The van der Waals surface area contributed by atoms with Crippen molar-refractivity contribution in [3.05, 3.63) is 87.5 Å². The van der Waals surface area contributed by atoms with Crippen LogP contribution >= 0.6 is 11.6 Å². The standard InChI is InChI=1S/C30H34ClN5O2/c1-20-32-17-23(33-20)18-35-13-10-30(11-14-35)12-15-36(19-30)29(38)22-7-6-21-8-9-27(25(21)16-22)34-28(37)24-4-2-3-5-26(24)31/h2-7,16-17,27H,8-15,18-19H2,1H3,(H,32,33)(H,34,37). The minimum atomic E-state index is -0.180. The van der Waals surface area contributed by atoms with Gasteiger partial charge in [0.15, 0.2) is 0 Å². The third-order valence-corrected chi connectivity index (χ3v) is 9.01. The third-order valence-electron chi connectivity index (χ3n) is 8.68. The number of carbonyl (C=O) groups is 2. The number of piperidine rings is 1. The highest BCUT2D eigenvalue weighted by atomic mass is 35.5. The molecule has 1 spiro atoms. The molecule has 3 aromatic rings. The first-order valence-electron chi connectivity index (χ1n) is 13.6. The monoisotopic (exact) mass is 531 g/mol. The summed E-state index contributed by atoms with van der Waals surface area (Å²) in [6, 6.07) is 13.0. The Morgan fingerprint density at radius 1 is 1.13 bits per heavy atom. The van der Waals surface area contributed by atoms with E-state index in [0.29, 0.717) is 16.1 Å². The number of fused-ring (bicyclic) bond motifs is 1. The molecule has 2 amide bonds. The Labute approximate surface area is 228 Å². The molecule has 198 valence electrons. The number of aromatic amines is 1. The summed E-state index contributed by atoms with van der Waals surface area (Å²) in [6.07, 6.45) is 7.00. The first kappa shape index (κ1) is 25.1. The molecule has 2 fully saturated rings. The fourth-order valence-corrected chi connectivity index (χ4v) is 6.65. The van der Waals surface area contributed by atoms with Crippen LogP contribution in [0.15, 0.2) is 48.7 Å². The highest BCUT2D eigenvalue weighted by Gasteiger charge is 2.42. The fourth-order valence-electron chi connectivity index (χ4n) is 6.43. The van der Waals surface area contributed by atoms with E-state index in [0.717, 1.165) is 81.9 Å². The summed E-state index contributed by atoms with van der Waals surface area (Å²) < 4.78 is 0. The third kappa shape index (κ3) is 4.97. The van der Waals surface area contributed by atoms with Gasteiger partial charge < -0.3 is 15.2 Å². The molecule has 8 heteroatoms. The number of benzene rings is 2. The van der Waals surface area contributed by atoms with Crippen LogP contribution in [0.2, 0.25) is 5.02 Å². The van der Waals surface area contributed by atoms with Crippen LogP contribution in [0.4, 0.5) is 0 Å². The Hall–Kier alpha value is -3.16. The summed E-state index contributed by atoms with van der Waals surface area (Å²) in [5, 5.41) is 3.58. The van der Waals surface area contributed by atoms with E-state index in [-0.39, 0.29) is 23.3 Å². The van der Waals surface area contributed by atoms with Gasteiger partial charge in [0.1, 0.15) is 5.82 Å². The van der Waals surface area contributed by atoms with E-state index in [1.54, 1.807) is 12.1 Å². The molecule has 1 aromatic heterocycles. The zero-order valence-electron chi connectivity index (χ0n) is 21.8. The normalized spacial score (nSPS) is 20.6. The van der Waals surface area contributed by atoms with Gasteiger partial charge in [0.2, 0.25) is 0 Å². The topological polar surface area (TPSA) is 81.3 Å². The Morgan fingerprint density at radius 3 is 2.68 bits per heavy atom. The lowest BCUT2D eigenvalue weighted by atomic mass is 9.78. The van der Waals surface area contributed by atoms with E-state index in [2.05, 4.69) is 26.3 Å². The predicted octanol–water partition coefficient (Wildman–Crippen LogP) is 4.92. The van der Waals surface area contributed by atoms with Gasteiger partial charge in [-0.25, -0.2) is 4.98 Å². The smallest absolute Gasteiger partial charge is 0.253 e. The number of hydrogen-bond donors (Lipinski definition) is 2. The average molecular weight is 532 g/mol. The maximum Gasteiger partial charge on any atom is 0.253 e. The first-order valence-corrected chi connectivity index (χ1v) is 14.0. The molecular formula is C30H34ClN5O2. The van der Waals surface area contributed by atoms with Crippen LogP contribution in [-0.4, -0.2) is 57.8 Å². The zero-order chi connectivity index (χ0) is 26.3. The van der Waals surface area contributed by atoms with Gasteiger partial charge in [-0.1, -0.05) is 29.8 Å². The van der Waals surface area contributed by atoms with Crippen LogP contribution in [0.3, 0.4) is 0 Å². The quantitative estimate of drug-likeness (QED) is 0.490. The summed E-state index contributed by atoms with van der Waals surface area (Å²) in [5.41, 5.74) is 4.75. The Morgan fingerprint density at radius 2 is 1.92 bits per heavy atom. The molecule has 7 nitrogen and oxygen atoms in total. The summed E-state index contributed by atoms with van der Waals surface area (Å²) in [7, 11) is 0. The number of hydrogen-bond acceptors (Lipinski definition) is 4. The van der Waals surface area contributed by atoms with Crippen LogP contribution in [0, 0.1) is 12.3 Å². The van der Waals surface area contributed by atoms with Crippen molar-refractivity contribution in [3.63, 3.8) is 0 Å². The van der Waals surface area contributed by atoms with Crippen molar-refractivity contribution in [3.8, 4) is 0 Å². The second-order valence-corrected chi connectivity index (χ2v) is 11.6. The number of likely N-dealkylation sites (tertiary alicyclic amines) is 2. The van der Waals surface area contributed by atoms with Gasteiger partial charge >= 0.3 is 0 Å². The lowest BCUT2D eigenvalue weighted by Gasteiger charge is -2.39. The van der Waals surface area contributed by atoms with Gasteiger partial charge in [0.05, 0.1) is 22.3 Å². The van der Waals surface area contributed by atoms with Crippen molar-refractivity contribution >= 4 is 23.4 Å². The Bertz CT molecular complexity index is 1360. The highest BCUT2D eigenvalue weighted by Crippen LogP contribution is 2.41. The van der Waals surface area contributed by atoms with Crippen LogP contribution in [-0.2, 0) is 13.0 Å².